The van der Waals surface area contributed by atoms with E-state index < -0.39 is 0 Å². The van der Waals surface area contributed by atoms with Gasteiger partial charge < -0.3 is 14.4 Å². The summed E-state index contributed by atoms with van der Waals surface area (Å²) < 4.78 is 10.6. The predicted molar refractivity (Wildman–Crippen MR) is 151 cm³/mol. The molecule has 0 spiro atoms. The first-order valence-electron chi connectivity index (χ1n) is 13.2. The zero-order valence-electron chi connectivity index (χ0n) is 23.5. The molecule has 0 aliphatic carbocycles. The van der Waals surface area contributed by atoms with E-state index in [0.717, 1.165) is 29.0 Å². The largest absolute Gasteiger partial charge is 0.497 e. The van der Waals surface area contributed by atoms with E-state index in [9.17, 15) is 4.79 Å². The van der Waals surface area contributed by atoms with Crippen molar-refractivity contribution < 1.29 is 14.3 Å². The number of hydrogen-bond donors (Lipinski definition) is 0. The van der Waals surface area contributed by atoms with Crippen molar-refractivity contribution in [2.24, 2.45) is 0 Å². The Morgan fingerprint density at radius 3 is 1.78 bits per heavy atom. The second-order valence-electron chi connectivity index (χ2n) is 10.2. The van der Waals surface area contributed by atoms with E-state index in [1.54, 1.807) is 14.2 Å². The van der Waals surface area contributed by atoms with Crippen LogP contribution in [0.3, 0.4) is 0 Å². The molecule has 37 heavy (non-hydrogen) atoms. The molecule has 3 aromatic carbocycles. The maximum absolute atomic E-state index is 13.3. The molecule has 3 aromatic rings. The molecule has 0 aromatic heterocycles. The molecule has 198 valence electrons. The van der Waals surface area contributed by atoms with Crippen molar-refractivity contribution in [3.8, 4) is 11.5 Å². The Labute approximate surface area is 223 Å². The highest BCUT2D eigenvalue weighted by Crippen LogP contribution is 2.34. The summed E-state index contributed by atoms with van der Waals surface area (Å²) >= 11 is 0. The predicted octanol–water partition coefficient (Wildman–Crippen LogP) is 6.61. The van der Waals surface area contributed by atoms with Gasteiger partial charge in [-0.3, -0.25) is 9.69 Å². The SMILES string of the molecule is CC.COc1ccc(CCN2C(=O)CN(Cc3ccc(OC)cc3)C2c2ccc(C(C)(C)C)cc2)cc1. The number of rotatable bonds is 8. The standard InChI is InChI=1S/C30H36N2O3.C2H6/c1-30(2,3)25-12-10-24(11-13-25)29-31(20-23-8-16-27(35-5)17-9-23)21-28(33)32(29)19-18-22-6-14-26(34-4)15-7-22;1-2/h6-17,29H,18-21H2,1-5H3;1-2H3. The molecule has 5 heteroatoms. The molecule has 0 saturated carbocycles. The maximum Gasteiger partial charge on any atom is 0.238 e. The van der Waals surface area contributed by atoms with E-state index in [1.165, 1.54) is 11.1 Å². The van der Waals surface area contributed by atoms with Crippen molar-refractivity contribution in [1.29, 1.82) is 0 Å². The molecule has 0 N–H and O–H groups in total. The highest BCUT2D eigenvalue weighted by molar-refractivity contribution is 5.81. The summed E-state index contributed by atoms with van der Waals surface area (Å²) in [5.74, 6) is 1.84. The molecular formula is C32H42N2O3. The molecule has 1 saturated heterocycles. The Balaban J connectivity index is 0.00000186. The van der Waals surface area contributed by atoms with Gasteiger partial charge in [-0.15, -0.1) is 0 Å². The van der Waals surface area contributed by atoms with Gasteiger partial charge in [-0.1, -0.05) is 83.1 Å². The minimum absolute atomic E-state index is 0.0842. The van der Waals surface area contributed by atoms with Crippen LogP contribution in [0.5, 0.6) is 11.5 Å². The molecule has 1 aliphatic rings. The number of carbonyl (C=O) groups is 1. The van der Waals surface area contributed by atoms with Gasteiger partial charge in [-0.05, 0) is 58.4 Å². The van der Waals surface area contributed by atoms with Crippen LogP contribution in [0.2, 0.25) is 0 Å². The Hall–Kier alpha value is -3.31. The first kappa shape index (κ1) is 28.3. The van der Waals surface area contributed by atoms with Crippen LogP contribution < -0.4 is 9.47 Å². The summed E-state index contributed by atoms with van der Waals surface area (Å²) in [6, 6.07) is 25.0. The van der Waals surface area contributed by atoms with E-state index in [2.05, 4.69) is 74.2 Å². The van der Waals surface area contributed by atoms with Crippen LogP contribution in [-0.2, 0) is 23.2 Å². The smallest absolute Gasteiger partial charge is 0.238 e. The number of carbonyl (C=O) groups excluding carboxylic acids is 1. The minimum atomic E-state index is -0.100. The summed E-state index contributed by atoms with van der Waals surface area (Å²) in [5.41, 5.74) is 4.87. The van der Waals surface area contributed by atoms with Gasteiger partial charge in [0.05, 0.1) is 20.8 Å². The van der Waals surface area contributed by atoms with Crippen LogP contribution in [-0.4, -0.2) is 43.0 Å². The second-order valence-corrected chi connectivity index (χ2v) is 10.2. The molecule has 1 fully saturated rings. The quantitative estimate of drug-likeness (QED) is 0.347. The Morgan fingerprint density at radius 2 is 1.30 bits per heavy atom. The number of ether oxygens (including phenoxy) is 2. The molecule has 1 atom stereocenters. The Kier molecular flexibility index (Phi) is 9.76. The topological polar surface area (TPSA) is 42.0 Å². The molecule has 0 bridgehead atoms. The van der Waals surface area contributed by atoms with Crippen molar-refractivity contribution in [2.75, 3.05) is 27.3 Å². The van der Waals surface area contributed by atoms with Crippen molar-refractivity contribution >= 4 is 5.91 Å². The van der Waals surface area contributed by atoms with E-state index >= 15 is 0 Å². The lowest BCUT2D eigenvalue weighted by molar-refractivity contribution is -0.128. The van der Waals surface area contributed by atoms with Crippen molar-refractivity contribution in [2.45, 2.75) is 59.2 Å². The van der Waals surface area contributed by atoms with Crippen LogP contribution in [0.1, 0.15) is 63.0 Å². The number of benzene rings is 3. The van der Waals surface area contributed by atoms with Crippen LogP contribution in [0.4, 0.5) is 0 Å². The first-order valence-corrected chi connectivity index (χ1v) is 13.2. The average Bonchev–Trinajstić information content (AvgIpc) is 3.23. The van der Waals surface area contributed by atoms with Gasteiger partial charge in [-0.2, -0.15) is 0 Å². The van der Waals surface area contributed by atoms with Gasteiger partial charge >= 0.3 is 0 Å². The molecule has 1 amide bonds. The zero-order valence-corrected chi connectivity index (χ0v) is 23.5. The molecule has 1 heterocycles. The molecular weight excluding hydrogens is 460 g/mol. The third-order valence-electron chi connectivity index (χ3n) is 6.72. The number of amides is 1. The highest BCUT2D eigenvalue weighted by Gasteiger charge is 2.38. The summed E-state index contributed by atoms with van der Waals surface area (Å²) in [6.45, 7) is 12.4. The van der Waals surface area contributed by atoms with Crippen LogP contribution in [0, 0.1) is 0 Å². The van der Waals surface area contributed by atoms with Gasteiger partial charge in [0.2, 0.25) is 5.91 Å². The van der Waals surface area contributed by atoms with E-state index in [0.29, 0.717) is 19.6 Å². The zero-order chi connectivity index (χ0) is 27.0. The normalized spacial score (nSPS) is 15.8. The third-order valence-corrected chi connectivity index (χ3v) is 6.72. The Bertz CT molecular complexity index is 1120. The van der Waals surface area contributed by atoms with Crippen LogP contribution >= 0.6 is 0 Å². The Morgan fingerprint density at radius 1 is 0.784 bits per heavy atom. The second kappa shape index (κ2) is 12.8. The number of nitrogens with zero attached hydrogens (tertiary/aromatic N) is 2. The summed E-state index contributed by atoms with van der Waals surface area (Å²) in [4.78, 5) is 17.5. The van der Waals surface area contributed by atoms with E-state index in [-0.39, 0.29) is 17.5 Å². The van der Waals surface area contributed by atoms with Gasteiger partial charge in [0.1, 0.15) is 17.7 Å². The molecule has 0 radical (unpaired) electrons. The maximum atomic E-state index is 13.3. The monoisotopic (exact) mass is 502 g/mol. The lowest BCUT2D eigenvalue weighted by Gasteiger charge is -2.31. The van der Waals surface area contributed by atoms with Crippen molar-refractivity contribution in [3.63, 3.8) is 0 Å². The molecule has 1 unspecified atom stereocenters. The molecule has 4 rings (SSSR count). The third kappa shape index (κ3) is 7.14. The summed E-state index contributed by atoms with van der Waals surface area (Å²) in [6.07, 6.45) is 0.694. The fourth-order valence-corrected chi connectivity index (χ4v) is 4.63. The highest BCUT2D eigenvalue weighted by atomic mass is 16.5. The fourth-order valence-electron chi connectivity index (χ4n) is 4.63. The lowest BCUT2D eigenvalue weighted by Crippen LogP contribution is -2.33. The number of methoxy groups -OCH3 is 2. The minimum Gasteiger partial charge on any atom is -0.497 e. The average molecular weight is 503 g/mol. The fraction of sp³-hybridized carbons (Fsp3) is 0.406. The molecule has 5 nitrogen and oxygen atoms in total. The van der Waals surface area contributed by atoms with Gasteiger partial charge in [0, 0.05) is 13.1 Å². The van der Waals surface area contributed by atoms with E-state index in [1.807, 2.05) is 43.0 Å². The lowest BCUT2D eigenvalue weighted by atomic mass is 9.86. The molecule has 1 aliphatic heterocycles. The van der Waals surface area contributed by atoms with Crippen molar-refractivity contribution in [1.82, 2.24) is 9.80 Å². The van der Waals surface area contributed by atoms with Crippen molar-refractivity contribution in [3.05, 3.63) is 95.1 Å². The first-order chi connectivity index (χ1) is 17.8. The van der Waals surface area contributed by atoms with Crippen LogP contribution in [0.25, 0.3) is 0 Å². The van der Waals surface area contributed by atoms with Gasteiger partial charge in [-0.25, -0.2) is 0 Å². The summed E-state index contributed by atoms with van der Waals surface area (Å²) in [5, 5.41) is 0. The van der Waals surface area contributed by atoms with Crippen LogP contribution in [0.15, 0.2) is 72.8 Å². The van der Waals surface area contributed by atoms with Gasteiger partial charge in [0.25, 0.3) is 0 Å². The summed E-state index contributed by atoms with van der Waals surface area (Å²) in [7, 11) is 3.34. The van der Waals surface area contributed by atoms with E-state index in [4.69, 9.17) is 9.47 Å². The van der Waals surface area contributed by atoms with Gasteiger partial charge in [0.15, 0.2) is 0 Å². The number of hydrogen-bond acceptors (Lipinski definition) is 4.